The fraction of sp³-hybridized carbons (Fsp3) is 0.333. The quantitative estimate of drug-likeness (QED) is 0.674. The number of hydrogen-bond donors (Lipinski definition) is 1. The third kappa shape index (κ3) is 2.84. The first-order valence-electron chi connectivity index (χ1n) is 6.36. The van der Waals surface area contributed by atoms with Crippen molar-refractivity contribution >= 4 is 5.97 Å². The van der Waals surface area contributed by atoms with Crippen molar-refractivity contribution in [3.8, 4) is 5.69 Å². The van der Waals surface area contributed by atoms with E-state index in [0.717, 1.165) is 17.1 Å². The normalized spacial score (nSPS) is 10.5. The second-order valence-corrected chi connectivity index (χ2v) is 4.55. The summed E-state index contributed by atoms with van der Waals surface area (Å²) < 4.78 is 6.73. The van der Waals surface area contributed by atoms with Crippen LogP contribution in [0.2, 0.25) is 0 Å². The minimum absolute atomic E-state index is 0.175. The predicted molar refractivity (Wildman–Crippen MR) is 72.1 cm³/mol. The van der Waals surface area contributed by atoms with E-state index < -0.39 is 0 Å². The number of carbonyl (C=O) groups excluding carboxylic acids is 1. The van der Waals surface area contributed by atoms with Gasteiger partial charge in [-0.3, -0.25) is 4.79 Å². The van der Waals surface area contributed by atoms with Crippen molar-refractivity contribution in [1.29, 1.82) is 0 Å². The number of H-pyrrole nitrogens is 1. The number of methoxy groups -OCH3 is 1. The van der Waals surface area contributed by atoms with Gasteiger partial charge in [-0.1, -0.05) is 22.9 Å². The minimum atomic E-state index is -0.175. The van der Waals surface area contributed by atoms with E-state index in [2.05, 4.69) is 16.8 Å². The van der Waals surface area contributed by atoms with Crippen LogP contribution >= 0.6 is 0 Å². The average Bonchev–Trinajstić information content (AvgIpc) is 2.72. The lowest BCUT2D eigenvalue weighted by molar-refractivity contribution is -0.662. The van der Waals surface area contributed by atoms with Gasteiger partial charge in [0, 0.05) is 31.0 Å². The number of carbonyl (C=O) groups is 1. The first kappa shape index (κ1) is 13.3. The molecule has 4 heteroatoms. The first-order valence-corrected chi connectivity index (χ1v) is 6.36. The van der Waals surface area contributed by atoms with Gasteiger partial charge in [-0.2, -0.15) is 5.10 Å². The molecular formula is C15H19N2O2+. The molecule has 1 aromatic carbocycles. The number of aryl methyl sites for hydroxylation is 1. The third-order valence-electron chi connectivity index (χ3n) is 3.33. The van der Waals surface area contributed by atoms with Gasteiger partial charge in [0.15, 0.2) is 0 Å². The number of nitrogens with one attached hydrogen (secondary N) is 1. The molecule has 0 saturated carbocycles. The minimum Gasteiger partial charge on any atom is -0.469 e. The van der Waals surface area contributed by atoms with Crippen LogP contribution in [0.5, 0.6) is 0 Å². The Morgan fingerprint density at radius 1 is 1.26 bits per heavy atom. The molecule has 0 aliphatic carbocycles. The van der Waals surface area contributed by atoms with Crippen LogP contribution in [0, 0.1) is 13.8 Å². The molecule has 0 radical (unpaired) electrons. The third-order valence-corrected chi connectivity index (χ3v) is 3.33. The SMILES string of the molecule is COC(=O)CCc1c(C)[nH][n+](-c2ccccc2)c1C. The number of esters is 1. The molecule has 100 valence electrons. The van der Waals surface area contributed by atoms with E-state index >= 15 is 0 Å². The molecule has 0 atom stereocenters. The maximum absolute atomic E-state index is 11.2. The monoisotopic (exact) mass is 259 g/mol. The number of rotatable bonds is 4. The highest BCUT2D eigenvalue weighted by Gasteiger charge is 2.21. The second kappa shape index (κ2) is 5.69. The molecule has 0 amide bonds. The van der Waals surface area contributed by atoms with Crippen LogP contribution in [-0.2, 0) is 16.0 Å². The van der Waals surface area contributed by atoms with E-state index in [1.165, 1.54) is 12.7 Å². The summed E-state index contributed by atoms with van der Waals surface area (Å²) in [6, 6.07) is 10.1. The molecule has 0 saturated heterocycles. The van der Waals surface area contributed by atoms with Gasteiger partial charge in [0.25, 0.3) is 0 Å². The van der Waals surface area contributed by atoms with Crippen molar-refractivity contribution in [3.05, 3.63) is 47.3 Å². The molecule has 0 bridgehead atoms. The standard InChI is InChI=1S/C15H18N2O2/c1-11-14(9-10-15(18)19-3)12(2)17(16-11)13-7-5-4-6-8-13/h4-8H,9-10H2,1-3H3/p+1. The molecule has 19 heavy (non-hydrogen) atoms. The number of aromatic nitrogens is 2. The lowest BCUT2D eigenvalue weighted by Crippen LogP contribution is -2.35. The zero-order valence-corrected chi connectivity index (χ0v) is 11.6. The number of benzene rings is 1. The van der Waals surface area contributed by atoms with Crippen molar-refractivity contribution in [3.63, 3.8) is 0 Å². The number of ether oxygens (including phenoxy) is 1. The molecule has 0 aliphatic rings. The van der Waals surface area contributed by atoms with Crippen molar-refractivity contribution in [2.75, 3.05) is 7.11 Å². The van der Waals surface area contributed by atoms with Crippen LogP contribution in [0.1, 0.15) is 23.4 Å². The highest BCUT2D eigenvalue weighted by atomic mass is 16.5. The van der Waals surface area contributed by atoms with Crippen molar-refractivity contribution in [2.45, 2.75) is 26.7 Å². The molecule has 2 aromatic rings. The Kier molecular flexibility index (Phi) is 4.00. The Morgan fingerprint density at radius 2 is 1.95 bits per heavy atom. The van der Waals surface area contributed by atoms with Gasteiger partial charge < -0.3 is 4.74 Å². The van der Waals surface area contributed by atoms with Crippen molar-refractivity contribution in [2.24, 2.45) is 0 Å². The number of aromatic amines is 1. The zero-order valence-electron chi connectivity index (χ0n) is 11.6. The molecule has 0 unspecified atom stereocenters. The van der Waals surface area contributed by atoms with Gasteiger partial charge in [0.1, 0.15) is 0 Å². The summed E-state index contributed by atoms with van der Waals surface area (Å²) >= 11 is 0. The Bertz CT molecular complexity index is 573. The largest absolute Gasteiger partial charge is 0.469 e. The smallest absolute Gasteiger partial charge is 0.305 e. The van der Waals surface area contributed by atoms with Gasteiger partial charge in [-0.25, -0.2) is 0 Å². The highest BCUT2D eigenvalue weighted by molar-refractivity contribution is 5.69. The van der Waals surface area contributed by atoms with Crippen LogP contribution in [-0.4, -0.2) is 18.2 Å². The zero-order chi connectivity index (χ0) is 13.8. The molecule has 0 aliphatic heterocycles. The second-order valence-electron chi connectivity index (χ2n) is 4.55. The maximum Gasteiger partial charge on any atom is 0.305 e. The summed E-state index contributed by atoms with van der Waals surface area (Å²) in [5, 5.41) is 3.34. The Balaban J connectivity index is 2.27. The molecule has 2 rings (SSSR count). The summed E-state index contributed by atoms with van der Waals surface area (Å²) in [5.41, 5.74) is 4.49. The lowest BCUT2D eigenvalue weighted by atomic mass is 10.1. The van der Waals surface area contributed by atoms with Gasteiger partial charge in [0.2, 0.25) is 11.4 Å². The van der Waals surface area contributed by atoms with E-state index in [-0.39, 0.29) is 5.97 Å². The molecule has 0 fully saturated rings. The summed E-state index contributed by atoms with van der Waals surface area (Å²) in [4.78, 5) is 11.2. The predicted octanol–water partition coefficient (Wildman–Crippen LogP) is 2.01. The van der Waals surface area contributed by atoms with Crippen LogP contribution in [0.25, 0.3) is 5.69 Å². The molecule has 4 nitrogen and oxygen atoms in total. The van der Waals surface area contributed by atoms with Crippen LogP contribution in [0.15, 0.2) is 30.3 Å². The van der Waals surface area contributed by atoms with Crippen LogP contribution in [0.3, 0.4) is 0 Å². The van der Waals surface area contributed by atoms with Crippen molar-refractivity contribution in [1.82, 2.24) is 5.10 Å². The average molecular weight is 259 g/mol. The Morgan fingerprint density at radius 3 is 2.58 bits per heavy atom. The fourth-order valence-corrected chi connectivity index (χ4v) is 2.26. The van der Waals surface area contributed by atoms with Crippen LogP contribution < -0.4 is 4.68 Å². The summed E-state index contributed by atoms with van der Waals surface area (Å²) in [5.74, 6) is -0.175. The fourth-order valence-electron chi connectivity index (χ4n) is 2.26. The molecule has 1 aromatic heterocycles. The lowest BCUT2D eigenvalue weighted by Gasteiger charge is -1.98. The highest BCUT2D eigenvalue weighted by Crippen LogP contribution is 2.13. The molecular weight excluding hydrogens is 240 g/mol. The van der Waals surface area contributed by atoms with Gasteiger partial charge in [-0.15, -0.1) is 0 Å². The summed E-state index contributed by atoms with van der Waals surface area (Å²) in [7, 11) is 1.42. The molecule has 0 spiro atoms. The van der Waals surface area contributed by atoms with Gasteiger partial charge in [0.05, 0.1) is 12.8 Å². The van der Waals surface area contributed by atoms with E-state index in [1.54, 1.807) is 0 Å². The summed E-state index contributed by atoms with van der Waals surface area (Å²) in [6.45, 7) is 4.09. The van der Waals surface area contributed by atoms with Crippen molar-refractivity contribution < 1.29 is 14.2 Å². The van der Waals surface area contributed by atoms with Crippen LogP contribution in [0.4, 0.5) is 0 Å². The van der Waals surface area contributed by atoms with E-state index in [0.29, 0.717) is 12.8 Å². The maximum atomic E-state index is 11.2. The number of nitrogens with zero attached hydrogens (tertiary/aromatic N) is 1. The van der Waals surface area contributed by atoms with E-state index in [1.807, 2.05) is 41.9 Å². The molecule has 1 heterocycles. The van der Waals surface area contributed by atoms with Gasteiger partial charge >= 0.3 is 5.97 Å². The Labute approximate surface area is 113 Å². The Hall–Kier alpha value is -2.10. The van der Waals surface area contributed by atoms with E-state index in [9.17, 15) is 4.79 Å². The topological polar surface area (TPSA) is 46.0 Å². The van der Waals surface area contributed by atoms with E-state index in [4.69, 9.17) is 0 Å². The number of para-hydroxylation sites is 1. The number of hydrogen-bond acceptors (Lipinski definition) is 2. The first-order chi connectivity index (χ1) is 9.13. The molecule has 1 N–H and O–H groups in total. The van der Waals surface area contributed by atoms with Gasteiger partial charge in [-0.05, 0) is 13.3 Å². The summed E-state index contributed by atoms with van der Waals surface area (Å²) in [6.07, 6.45) is 1.10.